The van der Waals surface area contributed by atoms with Crippen LogP contribution in [0, 0.1) is 17.1 Å². The zero-order chi connectivity index (χ0) is 22.7. The van der Waals surface area contributed by atoms with Gasteiger partial charge >= 0.3 is 0 Å². The van der Waals surface area contributed by atoms with E-state index in [9.17, 15) is 12.8 Å². The summed E-state index contributed by atoms with van der Waals surface area (Å²) in [5, 5.41) is 14.8. The highest BCUT2D eigenvalue weighted by atomic mass is 35.5. The second-order valence-electron chi connectivity index (χ2n) is 7.21. The molecule has 0 amide bonds. The second kappa shape index (κ2) is 9.08. The van der Waals surface area contributed by atoms with Crippen molar-refractivity contribution in [2.24, 2.45) is 0 Å². The maximum absolute atomic E-state index is 14.2. The first-order valence-electron chi connectivity index (χ1n) is 9.68. The fourth-order valence-corrected chi connectivity index (χ4v) is 4.43. The standard InChI is InChI=1S/C21H18ClFN6O2S/c22-18-9-16(6-3-14(18)10-24)28-21-25-12-19(23)20(29-21)27-15-4-1-13(2-5-15)11-26-32(30,31)17-7-8-17/h1-6,9,12,17,26H,7-8,11H2,(H2,25,27,28,29). The Balaban J connectivity index is 1.42. The maximum Gasteiger partial charge on any atom is 0.229 e. The highest BCUT2D eigenvalue weighted by Gasteiger charge is 2.35. The Kier molecular flexibility index (Phi) is 6.23. The van der Waals surface area contributed by atoms with Crippen LogP contribution in [0.2, 0.25) is 5.02 Å². The number of rotatable bonds is 8. The third-order valence-electron chi connectivity index (χ3n) is 4.75. The van der Waals surface area contributed by atoms with E-state index in [2.05, 4.69) is 25.3 Å². The minimum atomic E-state index is -3.25. The second-order valence-corrected chi connectivity index (χ2v) is 9.66. The summed E-state index contributed by atoms with van der Waals surface area (Å²) in [5.74, 6) is -0.542. The Morgan fingerprint density at radius 3 is 2.50 bits per heavy atom. The number of hydrogen-bond donors (Lipinski definition) is 3. The third kappa shape index (κ3) is 5.31. The molecule has 0 atom stereocenters. The Labute approximate surface area is 189 Å². The van der Waals surface area contributed by atoms with Gasteiger partial charge in [-0.3, -0.25) is 0 Å². The number of anilines is 4. The Morgan fingerprint density at radius 2 is 1.84 bits per heavy atom. The molecule has 3 aromatic rings. The summed E-state index contributed by atoms with van der Waals surface area (Å²) in [5.41, 5.74) is 2.24. The zero-order valence-electron chi connectivity index (χ0n) is 16.6. The van der Waals surface area contributed by atoms with Crippen LogP contribution in [0.25, 0.3) is 0 Å². The van der Waals surface area contributed by atoms with E-state index in [1.165, 1.54) is 0 Å². The predicted octanol–water partition coefficient (Wildman–Crippen LogP) is 4.21. The molecule has 0 unspecified atom stereocenters. The summed E-state index contributed by atoms with van der Waals surface area (Å²) < 4.78 is 40.7. The summed E-state index contributed by atoms with van der Waals surface area (Å²) in [4.78, 5) is 8.06. The molecule has 11 heteroatoms. The van der Waals surface area contributed by atoms with E-state index in [1.54, 1.807) is 42.5 Å². The van der Waals surface area contributed by atoms with Gasteiger partial charge in [0, 0.05) is 17.9 Å². The zero-order valence-corrected chi connectivity index (χ0v) is 18.2. The molecule has 1 aliphatic carbocycles. The van der Waals surface area contributed by atoms with Crippen molar-refractivity contribution in [3.05, 3.63) is 70.6 Å². The molecular weight excluding hydrogens is 455 g/mol. The van der Waals surface area contributed by atoms with Crippen LogP contribution >= 0.6 is 11.6 Å². The van der Waals surface area contributed by atoms with Gasteiger partial charge in [-0.15, -0.1) is 0 Å². The summed E-state index contributed by atoms with van der Waals surface area (Å²) in [6.07, 6.45) is 2.44. The average molecular weight is 473 g/mol. The van der Waals surface area contributed by atoms with Crippen LogP contribution in [-0.2, 0) is 16.6 Å². The minimum absolute atomic E-state index is 0.0376. The molecule has 2 aromatic carbocycles. The Morgan fingerprint density at radius 1 is 1.12 bits per heavy atom. The van der Waals surface area contributed by atoms with Crippen molar-refractivity contribution in [1.82, 2.24) is 14.7 Å². The monoisotopic (exact) mass is 472 g/mol. The van der Waals surface area contributed by atoms with Crippen LogP contribution in [0.5, 0.6) is 0 Å². The SMILES string of the molecule is N#Cc1ccc(Nc2ncc(F)c(Nc3ccc(CNS(=O)(=O)C4CC4)cc3)n2)cc1Cl. The highest BCUT2D eigenvalue weighted by molar-refractivity contribution is 7.90. The molecule has 0 bridgehead atoms. The van der Waals surface area contributed by atoms with Gasteiger partial charge in [0.15, 0.2) is 11.6 Å². The number of benzene rings is 2. The van der Waals surface area contributed by atoms with Gasteiger partial charge in [-0.25, -0.2) is 22.5 Å². The number of nitriles is 1. The molecule has 0 saturated heterocycles. The number of nitrogens with zero attached hydrogens (tertiary/aromatic N) is 3. The number of nitrogens with one attached hydrogen (secondary N) is 3. The van der Waals surface area contributed by atoms with Gasteiger partial charge in [0.2, 0.25) is 16.0 Å². The van der Waals surface area contributed by atoms with Crippen molar-refractivity contribution in [3.63, 3.8) is 0 Å². The summed E-state index contributed by atoms with van der Waals surface area (Å²) in [7, 11) is -3.25. The lowest BCUT2D eigenvalue weighted by Crippen LogP contribution is -2.26. The average Bonchev–Trinajstić information content (AvgIpc) is 3.62. The maximum atomic E-state index is 14.2. The van der Waals surface area contributed by atoms with Gasteiger partial charge < -0.3 is 10.6 Å². The highest BCUT2D eigenvalue weighted by Crippen LogP contribution is 2.28. The van der Waals surface area contributed by atoms with Crippen molar-refractivity contribution in [3.8, 4) is 6.07 Å². The van der Waals surface area contributed by atoms with Crippen molar-refractivity contribution in [2.45, 2.75) is 24.6 Å². The first-order valence-corrected chi connectivity index (χ1v) is 11.6. The number of sulfonamides is 1. The van der Waals surface area contributed by atoms with Crippen LogP contribution in [0.3, 0.4) is 0 Å². The molecule has 32 heavy (non-hydrogen) atoms. The van der Waals surface area contributed by atoms with E-state index in [0.717, 1.165) is 11.8 Å². The van der Waals surface area contributed by atoms with E-state index in [-0.39, 0.29) is 28.6 Å². The molecule has 1 saturated carbocycles. The van der Waals surface area contributed by atoms with Crippen LogP contribution in [0.4, 0.5) is 27.5 Å². The van der Waals surface area contributed by atoms with E-state index >= 15 is 0 Å². The number of hydrogen-bond acceptors (Lipinski definition) is 7. The van der Waals surface area contributed by atoms with Crippen molar-refractivity contribution < 1.29 is 12.8 Å². The van der Waals surface area contributed by atoms with Gasteiger partial charge in [-0.1, -0.05) is 23.7 Å². The molecule has 0 aliphatic heterocycles. The molecule has 4 rings (SSSR count). The molecule has 1 fully saturated rings. The summed E-state index contributed by atoms with van der Waals surface area (Å²) >= 11 is 6.02. The van der Waals surface area contributed by atoms with E-state index in [1.807, 2.05) is 6.07 Å². The van der Waals surface area contributed by atoms with Crippen LogP contribution in [-0.4, -0.2) is 23.6 Å². The van der Waals surface area contributed by atoms with Crippen LogP contribution < -0.4 is 15.4 Å². The molecular formula is C21H18ClFN6O2S. The predicted molar refractivity (Wildman–Crippen MR) is 120 cm³/mol. The fraction of sp³-hybridized carbons (Fsp3) is 0.190. The van der Waals surface area contributed by atoms with E-state index < -0.39 is 15.8 Å². The van der Waals surface area contributed by atoms with Gasteiger partial charge in [-0.05, 0) is 48.7 Å². The van der Waals surface area contributed by atoms with Crippen LogP contribution in [0.1, 0.15) is 24.0 Å². The molecule has 0 radical (unpaired) electrons. The van der Waals surface area contributed by atoms with Crippen molar-refractivity contribution in [2.75, 3.05) is 10.6 Å². The van der Waals surface area contributed by atoms with Gasteiger partial charge in [0.25, 0.3) is 0 Å². The Bertz CT molecular complexity index is 1290. The molecule has 164 valence electrons. The third-order valence-corrected chi connectivity index (χ3v) is 6.96. The number of halogens is 2. The largest absolute Gasteiger partial charge is 0.338 e. The molecule has 0 spiro atoms. The summed E-state index contributed by atoms with van der Waals surface area (Å²) in [6.45, 7) is 0.197. The molecule has 1 aromatic heterocycles. The summed E-state index contributed by atoms with van der Waals surface area (Å²) in [6, 6.07) is 13.6. The van der Waals surface area contributed by atoms with Gasteiger partial charge in [-0.2, -0.15) is 10.2 Å². The first-order chi connectivity index (χ1) is 15.3. The van der Waals surface area contributed by atoms with Crippen molar-refractivity contribution >= 4 is 44.8 Å². The normalized spacial score (nSPS) is 13.4. The van der Waals surface area contributed by atoms with Gasteiger partial charge in [0.05, 0.1) is 22.0 Å². The molecule has 1 aliphatic rings. The minimum Gasteiger partial charge on any atom is -0.338 e. The molecule has 8 nitrogen and oxygen atoms in total. The first kappa shape index (κ1) is 22.0. The van der Waals surface area contributed by atoms with Gasteiger partial charge in [0.1, 0.15) is 6.07 Å². The lowest BCUT2D eigenvalue weighted by molar-refractivity contribution is 0.580. The smallest absolute Gasteiger partial charge is 0.229 e. The lowest BCUT2D eigenvalue weighted by Gasteiger charge is -2.11. The fourth-order valence-electron chi connectivity index (χ4n) is 2.85. The van der Waals surface area contributed by atoms with Crippen LogP contribution in [0.15, 0.2) is 48.7 Å². The topological polar surface area (TPSA) is 120 Å². The quantitative estimate of drug-likeness (QED) is 0.449. The molecule has 3 N–H and O–H groups in total. The number of aromatic nitrogens is 2. The Hall–Kier alpha value is -3.26. The van der Waals surface area contributed by atoms with Crippen molar-refractivity contribution in [1.29, 1.82) is 5.26 Å². The van der Waals surface area contributed by atoms with E-state index in [4.69, 9.17) is 16.9 Å². The van der Waals surface area contributed by atoms with E-state index in [0.29, 0.717) is 29.8 Å². The molecule has 1 heterocycles. The lowest BCUT2D eigenvalue weighted by atomic mass is 10.2.